The molecule has 0 bridgehead atoms. The van der Waals surface area contributed by atoms with Crippen LogP contribution in [0.4, 0.5) is 0 Å². The van der Waals surface area contributed by atoms with Gasteiger partial charge in [0, 0.05) is 18.0 Å². The van der Waals surface area contributed by atoms with Crippen LogP contribution < -0.4 is 5.56 Å². The molecular formula is C24H23N3OS. The molecule has 2 heterocycles. The molecule has 0 atom stereocenters. The van der Waals surface area contributed by atoms with Crippen molar-refractivity contribution >= 4 is 21.6 Å². The largest absolute Gasteiger partial charge is 0.309 e. The van der Waals surface area contributed by atoms with Crippen LogP contribution in [0.5, 0.6) is 0 Å². The molecule has 1 N–H and O–H groups in total. The summed E-state index contributed by atoms with van der Waals surface area (Å²) in [5.74, 6) is 0.693. The highest BCUT2D eigenvalue weighted by Gasteiger charge is 2.12. The highest BCUT2D eigenvalue weighted by Crippen LogP contribution is 2.30. The van der Waals surface area contributed by atoms with E-state index in [-0.39, 0.29) is 5.56 Å². The van der Waals surface area contributed by atoms with Crippen molar-refractivity contribution in [3.8, 4) is 10.4 Å². The molecular weight excluding hydrogens is 378 g/mol. The first-order chi connectivity index (χ1) is 14.2. The molecule has 0 radical (unpaired) electrons. The highest BCUT2D eigenvalue weighted by atomic mass is 32.1. The number of aromatic nitrogens is 2. The number of thiophene rings is 1. The lowest BCUT2D eigenvalue weighted by molar-refractivity contribution is 0.291. The highest BCUT2D eigenvalue weighted by molar-refractivity contribution is 7.21. The predicted molar refractivity (Wildman–Crippen MR) is 121 cm³/mol. The molecule has 0 spiro atoms. The summed E-state index contributed by atoms with van der Waals surface area (Å²) in [7, 11) is 0. The van der Waals surface area contributed by atoms with Gasteiger partial charge in [0.15, 0.2) is 0 Å². The molecule has 0 aliphatic heterocycles. The number of nitrogens with zero attached hydrogens (tertiary/aromatic N) is 2. The van der Waals surface area contributed by atoms with E-state index in [2.05, 4.69) is 52.9 Å². The molecule has 0 amide bonds. The zero-order valence-corrected chi connectivity index (χ0v) is 17.0. The quantitative estimate of drug-likeness (QED) is 0.428. The Labute approximate surface area is 174 Å². The Bertz CT molecular complexity index is 1150. The second-order valence-corrected chi connectivity index (χ2v) is 8.00. The van der Waals surface area contributed by atoms with Crippen molar-refractivity contribution in [3.63, 3.8) is 0 Å². The van der Waals surface area contributed by atoms with Crippen LogP contribution in [0.1, 0.15) is 11.4 Å². The molecule has 2 aromatic heterocycles. The number of H-pyrrole nitrogens is 1. The van der Waals surface area contributed by atoms with Gasteiger partial charge in [-0.1, -0.05) is 66.7 Å². The van der Waals surface area contributed by atoms with Crippen molar-refractivity contribution in [1.82, 2.24) is 14.9 Å². The number of rotatable bonds is 8. The maximum atomic E-state index is 12.6. The summed E-state index contributed by atoms with van der Waals surface area (Å²) >= 11 is 1.56. The fourth-order valence-electron chi connectivity index (χ4n) is 3.36. The van der Waals surface area contributed by atoms with Crippen LogP contribution in [-0.2, 0) is 13.0 Å². The summed E-state index contributed by atoms with van der Waals surface area (Å²) in [6.07, 6.45) is 2.83. The predicted octanol–water partition coefficient (Wildman–Crippen LogP) is 4.88. The summed E-state index contributed by atoms with van der Waals surface area (Å²) in [6, 6.07) is 22.4. The Balaban J connectivity index is 1.55. The van der Waals surface area contributed by atoms with Crippen LogP contribution in [0.2, 0.25) is 0 Å². The third-order valence-electron chi connectivity index (χ3n) is 4.83. The third kappa shape index (κ3) is 4.70. The fraction of sp³-hybridized carbons (Fsp3) is 0.167. The second-order valence-electron chi connectivity index (χ2n) is 6.97. The monoisotopic (exact) mass is 401 g/mol. The number of fused-ring (bicyclic) bond motifs is 1. The maximum absolute atomic E-state index is 12.6. The van der Waals surface area contributed by atoms with Gasteiger partial charge in [0.2, 0.25) is 0 Å². The van der Waals surface area contributed by atoms with Gasteiger partial charge in [-0.2, -0.15) is 0 Å². The van der Waals surface area contributed by atoms with Crippen molar-refractivity contribution in [2.24, 2.45) is 0 Å². The number of nitrogens with one attached hydrogen (secondary N) is 1. The number of hydrogen-bond donors (Lipinski definition) is 1. The van der Waals surface area contributed by atoms with Gasteiger partial charge in [-0.3, -0.25) is 9.69 Å². The summed E-state index contributed by atoms with van der Waals surface area (Å²) < 4.78 is 0. The minimum absolute atomic E-state index is 0.0787. The molecule has 0 saturated carbocycles. The van der Waals surface area contributed by atoms with Crippen LogP contribution in [0.3, 0.4) is 0 Å². The molecule has 4 aromatic rings. The Morgan fingerprint density at radius 3 is 2.52 bits per heavy atom. The Morgan fingerprint density at radius 1 is 1.07 bits per heavy atom. The van der Waals surface area contributed by atoms with Crippen molar-refractivity contribution in [1.29, 1.82) is 0 Å². The number of hydrogen-bond acceptors (Lipinski definition) is 4. The van der Waals surface area contributed by atoms with E-state index in [1.165, 1.54) is 5.56 Å². The van der Waals surface area contributed by atoms with E-state index in [0.717, 1.165) is 34.8 Å². The van der Waals surface area contributed by atoms with Gasteiger partial charge in [0.25, 0.3) is 5.56 Å². The average molecular weight is 402 g/mol. The lowest BCUT2D eigenvalue weighted by Gasteiger charge is -2.20. The summed E-state index contributed by atoms with van der Waals surface area (Å²) in [6.45, 7) is 6.07. The first-order valence-electron chi connectivity index (χ1n) is 9.68. The minimum atomic E-state index is -0.0787. The zero-order chi connectivity index (χ0) is 20.1. The van der Waals surface area contributed by atoms with Crippen molar-refractivity contribution in [2.45, 2.75) is 13.0 Å². The lowest BCUT2D eigenvalue weighted by atomic mass is 10.1. The van der Waals surface area contributed by atoms with Crippen molar-refractivity contribution in [3.05, 3.63) is 101 Å². The fourth-order valence-corrected chi connectivity index (χ4v) is 4.41. The molecule has 4 nitrogen and oxygen atoms in total. The van der Waals surface area contributed by atoms with Crippen molar-refractivity contribution in [2.75, 3.05) is 13.1 Å². The van der Waals surface area contributed by atoms with E-state index in [4.69, 9.17) is 4.98 Å². The summed E-state index contributed by atoms with van der Waals surface area (Å²) in [5.41, 5.74) is 2.32. The van der Waals surface area contributed by atoms with Gasteiger partial charge in [0.1, 0.15) is 10.7 Å². The molecule has 0 aliphatic rings. The Kier molecular flexibility index (Phi) is 5.98. The van der Waals surface area contributed by atoms with Crippen LogP contribution in [-0.4, -0.2) is 28.0 Å². The van der Waals surface area contributed by atoms with E-state index in [1.807, 2.05) is 36.4 Å². The third-order valence-corrected chi connectivity index (χ3v) is 5.91. The van der Waals surface area contributed by atoms with E-state index in [9.17, 15) is 4.79 Å². The lowest BCUT2D eigenvalue weighted by Crippen LogP contribution is -2.28. The van der Waals surface area contributed by atoms with E-state index >= 15 is 0 Å². The summed E-state index contributed by atoms with van der Waals surface area (Å²) in [4.78, 5) is 24.4. The topological polar surface area (TPSA) is 49.0 Å². The van der Waals surface area contributed by atoms with Gasteiger partial charge in [-0.15, -0.1) is 17.9 Å². The van der Waals surface area contributed by atoms with Crippen LogP contribution in [0.25, 0.3) is 20.7 Å². The molecule has 146 valence electrons. The average Bonchev–Trinajstić information content (AvgIpc) is 3.18. The number of aromatic amines is 1. The van der Waals surface area contributed by atoms with E-state index < -0.39 is 0 Å². The van der Waals surface area contributed by atoms with Gasteiger partial charge in [-0.05, 0) is 23.6 Å². The summed E-state index contributed by atoms with van der Waals surface area (Å²) in [5, 5.41) is 0.650. The van der Waals surface area contributed by atoms with Crippen LogP contribution in [0, 0.1) is 0 Å². The molecule has 0 aliphatic carbocycles. The standard InChI is InChI=1S/C24H23N3OS/c1-2-14-27(15-13-18-9-5-3-6-10-18)17-22-25-23(28)20-16-21(29-24(20)26-22)19-11-7-4-8-12-19/h2-12,16H,1,13-15,17H2,(H,25,26,28). The van der Waals surface area contributed by atoms with E-state index in [0.29, 0.717) is 17.8 Å². The van der Waals surface area contributed by atoms with Gasteiger partial charge in [-0.25, -0.2) is 4.98 Å². The zero-order valence-electron chi connectivity index (χ0n) is 16.2. The first kappa shape index (κ1) is 19.3. The van der Waals surface area contributed by atoms with Crippen LogP contribution >= 0.6 is 11.3 Å². The maximum Gasteiger partial charge on any atom is 0.259 e. The molecule has 2 aromatic carbocycles. The Morgan fingerprint density at radius 2 is 1.79 bits per heavy atom. The Hall–Kier alpha value is -3.02. The molecule has 0 saturated heterocycles. The smallest absolute Gasteiger partial charge is 0.259 e. The van der Waals surface area contributed by atoms with E-state index in [1.54, 1.807) is 11.3 Å². The first-order valence-corrected chi connectivity index (χ1v) is 10.5. The van der Waals surface area contributed by atoms with Gasteiger partial charge < -0.3 is 4.98 Å². The molecule has 0 unspecified atom stereocenters. The molecule has 5 heteroatoms. The molecule has 29 heavy (non-hydrogen) atoms. The number of benzene rings is 2. The van der Waals surface area contributed by atoms with Crippen LogP contribution in [0.15, 0.2) is 84.2 Å². The van der Waals surface area contributed by atoms with Gasteiger partial charge >= 0.3 is 0 Å². The minimum Gasteiger partial charge on any atom is -0.309 e. The second kappa shape index (κ2) is 8.99. The molecule has 0 fully saturated rings. The SMILES string of the molecule is C=CCN(CCc1ccccc1)Cc1nc2sc(-c3ccccc3)cc2c(=O)[nH]1. The van der Waals surface area contributed by atoms with Gasteiger partial charge in [0.05, 0.1) is 11.9 Å². The normalized spacial score (nSPS) is 11.2. The van der Waals surface area contributed by atoms with Crippen molar-refractivity contribution < 1.29 is 0 Å². The molecule has 4 rings (SSSR count).